The lowest BCUT2D eigenvalue weighted by Crippen LogP contribution is -2.46. The molecular weight excluding hydrogens is 334 g/mol. The zero-order chi connectivity index (χ0) is 19.0. The van der Waals surface area contributed by atoms with Crippen molar-refractivity contribution in [3.8, 4) is 0 Å². The van der Waals surface area contributed by atoms with Crippen LogP contribution in [0.1, 0.15) is 63.4 Å². The summed E-state index contributed by atoms with van der Waals surface area (Å²) in [5, 5.41) is 0. The second-order valence-corrected chi connectivity index (χ2v) is 7.53. The summed E-state index contributed by atoms with van der Waals surface area (Å²) in [6.07, 6.45) is 8.97. The molecule has 1 amide bonds. The largest absolute Gasteiger partial charge is 0.444 e. The Labute approximate surface area is 155 Å². The summed E-state index contributed by atoms with van der Waals surface area (Å²) in [5.74, 6) is -0.175. The predicted molar refractivity (Wildman–Crippen MR) is 97.0 cm³/mol. The van der Waals surface area contributed by atoms with Crippen LogP contribution in [0.25, 0.3) is 0 Å². The number of aromatic nitrogens is 2. The van der Waals surface area contributed by atoms with E-state index in [0.29, 0.717) is 12.3 Å². The molecule has 2 heterocycles. The number of ketones is 1. The highest BCUT2D eigenvalue weighted by atomic mass is 16.6. The third kappa shape index (κ3) is 6.71. The molecular formula is C19H29N3O4. The normalized spacial score (nSPS) is 17.8. The molecule has 1 saturated heterocycles. The molecule has 144 valence electrons. The molecule has 7 heteroatoms. The molecule has 7 nitrogen and oxygen atoms in total. The van der Waals surface area contributed by atoms with Gasteiger partial charge in [0.05, 0.1) is 6.20 Å². The van der Waals surface area contributed by atoms with E-state index < -0.39 is 5.60 Å². The fourth-order valence-electron chi connectivity index (χ4n) is 2.96. The summed E-state index contributed by atoms with van der Waals surface area (Å²) in [4.78, 5) is 33.9. The molecule has 1 aromatic heterocycles. The monoisotopic (exact) mass is 363 g/mol. The van der Waals surface area contributed by atoms with E-state index in [0.717, 1.165) is 38.6 Å². The van der Waals surface area contributed by atoms with Crippen LogP contribution in [-0.2, 0) is 9.47 Å². The number of hydrogen-bond donors (Lipinski definition) is 0. The van der Waals surface area contributed by atoms with Crippen molar-refractivity contribution in [3.63, 3.8) is 0 Å². The Morgan fingerprint density at radius 3 is 2.77 bits per heavy atom. The topological polar surface area (TPSA) is 81.6 Å². The fourth-order valence-corrected chi connectivity index (χ4v) is 2.96. The number of hydrogen-bond acceptors (Lipinski definition) is 6. The van der Waals surface area contributed by atoms with Crippen molar-refractivity contribution in [2.75, 3.05) is 19.8 Å². The first-order valence-electron chi connectivity index (χ1n) is 9.23. The maximum Gasteiger partial charge on any atom is 0.410 e. The number of nitrogens with zero attached hydrogens (tertiary/aromatic N) is 3. The van der Waals surface area contributed by atoms with E-state index in [4.69, 9.17) is 9.47 Å². The number of ether oxygens (including phenoxy) is 2. The second-order valence-electron chi connectivity index (χ2n) is 7.53. The van der Waals surface area contributed by atoms with E-state index >= 15 is 0 Å². The summed E-state index contributed by atoms with van der Waals surface area (Å²) in [7, 11) is 0. The Bertz CT molecular complexity index is 586. The highest BCUT2D eigenvalue weighted by Crippen LogP contribution is 2.23. The number of Topliss-reactive ketones (excluding diaryl/α,β-unsaturated/α-hetero) is 1. The van der Waals surface area contributed by atoms with Crippen LogP contribution in [0.2, 0.25) is 0 Å². The fraction of sp³-hybridized carbons (Fsp3) is 0.684. The molecule has 0 spiro atoms. The number of rotatable bonds is 7. The van der Waals surface area contributed by atoms with Gasteiger partial charge in [-0.1, -0.05) is 0 Å². The first-order valence-corrected chi connectivity index (χ1v) is 9.23. The Hall–Kier alpha value is -2.02. The standard InChI is InChI=1S/C19H29N3O4/c1-19(2,3)26-18(24)22-11-5-4-7-15(22)8-6-12-25-14-17(23)16-13-20-9-10-21-16/h9-10,13,15H,4-8,11-12,14H2,1-3H3/t15-/m0/s1. The van der Waals surface area contributed by atoms with Crippen molar-refractivity contribution < 1.29 is 19.1 Å². The van der Waals surface area contributed by atoms with Gasteiger partial charge >= 0.3 is 6.09 Å². The van der Waals surface area contributed by atoms with Crippen molar-refractivity contribution in [1.82, 2.24) is 14.9 Å². The first-order chi connectivity index (χ1) is 12.4. The minimum absolute atomic E-state index is 0.000853. The summed E-state index contributed by atoms with van der Waals surface area (Å²) < 4.78 is 11.0. The molecule has 26 heavy (non-hydrogen) atoms. The number of piperidine rings is 1. The quantitative estimate of drug-likeness (QED) is 0.546. The summed E-state index contributed by atoms with van der Waals surface area (Å²) in [6, 6.07) is 0.179. The molecule has 1 atom stereocenters. The smallest absolute Gasteiger partial charge is 0.410 e. The predicted octanol–water partition coefficient (Wildman–Crippen LogP) is 3.25. The molecule has 0 N–H and O–H groups in total. The van der Waals surface area contributed by atoms with Crippen molar-refractivity contribution in [1.29, 1.82) is 0 Å². The van der Waals surface area contributed by atoms with E-state index in [1.54, 1.807) is 0 Å². The number of likely N-dealkylation sites (tertiary alicyclic amines) is 1. The Morgan fingerprint density at radius 2 is 2.08 bits per heavy atom. The minimum Gasteiger partial charge on any atom is -0.444 e. The minimum atomic E-state index is -0.483. The maximum absolute atomic E-state index is 12.4. The van der Waals surface area contributed by atoms with Crippen LogP contribution in [0, 0.1) is 0 Å². The van der Waals surface area contributed by atoms with Gasteiger partial charge in [0.2, 0.25) is 5.78 Å². The third-order valence-electron chi connectivity index (χ3n) is 4.16. The molecule has 0 aromatic carbocycles. The lowest BCUT2D eigenvalue weighted by atomic mass is 9.98. The van der Waals surface area contributed by atoms with Gasteiger partial charge in [-0.2, -0.15) is 0 Å². The van der Waals surface area contributed by atoms with Gasteiger partial charge in [0, 0.05) is 31.6 Å². The average molecular weight is 363 g/mol. The summed E-state index contributed by atoms with van der Waals surface area (Å²) in [5.41, 5.74) is -0.168. The molecule has 1 aliphatic heterocycles. The van der Waals surface area contributed by atoms with Crippen molar-refractivity contribution >= 4 is 11.9 Å². The van der Waals surface area contributed by atoms with Crippen molar-refractivity contribution in [2.45, 2.75) is 64.5 Å². The molecule has 0 saturated carbocycles. The van der Waals surface area contributed by atoms with Crippen LogP contribution in [0.3, 0.4) is 0 Å². The van der Waals surface area contributed by atoms with Crippen LogP contribution < -0.4 is 0 Å². The number of amides is 1. The average Bonchev–Trinajstić information content (AvgIpc) is 2.61. The van der Waals surface area contributed by atoms with E-state index in [2.05, 4.69) is 9.97 Å². The van der Waals surface area contributed by atoms with E-state index in [1.807, 2.05) is 25.7 Å². The van der Waals surface area contributed by atoms with Gasteiger partial charge in [0.1, 0.15) is 17.9 Å². The van der Waals surface area contributed by atoms with Gasteiger partial charge in [-0.05, 0) is 52.9 Å². The SMILES string of the molecule is CC(C)(C)OC(=O)N1CCCC[C@H]1CCCOCC(=O)c1cnccn1. The molecule has 1 aliphatic rings. The maximum atomic E-state index is 12.4. The Balaban J connectivity index is 1.71. The molecule has 2 rings (SSSR count). The first kappa shape index (κ1) is 20.3. The lowest BCUT2D eigenvalue weighted by Gasteiger charge is -2.36. The van der Waals surface area contributed by atoms with Crippen molar-refractivity contribution in [3.05, 3.63) is 24.3 Å². The summed E-state index contributed by atoms with van der Waals surface area (Å²) in [6.45, 7) is 6.86. The molecule has 0 unspecified atom stereocenters. The van der Waals surface area contributed by atoms with Crippen LogP contribution in [0.4, 0.5) is 4.79 Å². The highest BCUT2D eigenvalue weighted by molar-refractivity contribution is 5.94. The zero-order valence-corrected chi connectivity index (χ0v) is 15.9. The third-order valence-corrected chi connectivity index (χ3v) is 4.16. The number of carbonyl (C=O) groups excluding carboxylic acids is 2. The van der Waals surface area contributed by atoms with Crippen molar-refractivity contribution in [2.24, 2.45) is 0 Å². The van der Waals surface area contributed by atoms with Gasteiger partial charge < -0.3 is 14.4 Å². The molecule has 1 fully saturated rings. The summed E-state index contributed by atoms with van der Waals surface area (Å²) >= 11 is 0. The van der Waals surface area contributed by atoms with E-state index in [-0.39, 0.29) is 24.5 Å². The van der Waals surface area contributed by atoms with Crippen LogP contribution in [0.5, 0.6) is 0 Å². The van der Waals surface area contributed by atoms with Gasteiger partial charge in [-0.15, -0.1) is 0 Å². The number of carbonyl (C=O) groups is 2. The molecule has 0 radical (unpaired) electrons. The lowest BCUT2D eigenvalue weighted by molar-refractivity contribution is 0.00759. The van der Waals surface area contributed by atoms with Gasteiger partial charge in [0.15, 0.2) is 0 Å². The van der Waals surface area contributed by atoms with E-state index in [1.165, 1.54) is 18.6 Å². The zero-order valence-electron chi connectivity index (χ0n) is 15.9. The van der Waals surface area contributed by atoms with Crippen LogP contribution in [0.15, 0.2) is 18.6 Å². The van der Waals surface area contributed by atoms with Crippen LogP contribution in [-0.4, -0.2) is 58.1 Å². The second kappa shape index (κ2) is 9.62. The molecule has 0 bridgehead atoms. The van der Waals surface area contributed by atoms with Gasteiger partial charge in [-0.3, -0.25) is 9.78 Å². The van der Waals surface area contributed by atoms with E-state index in [9.17, 15) is 9.59 Å². The molecule has 0 aliphatic carbocycles. The van der Waals surface area contributed by atoms with Gasteiger partial charge in [0.25, 0.3) is 0 Å². The Morgan fingerprint density at radius 1 is 1.27 bits per heavy atom. The van der Waals surface area contributed by atoms with Crippen LogP contribution >= 0.6 is 0 Å². The molecule has 1 aromatic rings. The Kier molecular flexibility index (Phi) is 7.50. The highest BCUT2D eigenvalue weighted by Gasteiger charge is 2.30. The van der Waals surface area contributed by atoms with Gasteiger partial charge in [-0.25, -0.2) is 9.78 Å².